The van der Waals surface area contributed by atoms with Crippen LogP contribution in [0.4, 0.5) is 11.4 Å². The molecule has 5 amide bonds. The van der Waals surface area contributed by atoms with Gasteiger partial charge in [-0.1, -0.05) is 27.7 Å². The molecule has 0 bridgehead atoms. The monoisotopic (exact) mass is 703 g/mol. The Morgan fingerprint density at radius 3 is 2.08 bits per heavy atom. The first-order valence-electron chi connectivity index (χ1n) is 16.6. The summed E-state index contributed by atoms with van der Waals surface area (Å²) in [6.45, 7) is 8.62. The largest absolute Gasteiger partial charge is 0.469 e. The summed E-state index contributed by atoms with van der Waals surface area (Å²) in [6, 6.07) is 2.34. The maximum Gasteiger partial charge on any atom is 0.305 e. The molecule has 1 saturated heterocycles. The molecule has 2 rings (SSSR count). The van der Waals surface area contributed by atoms with Crippen LogP contribution in [0.15, 0.2) is 24.3 Å². The molecule has 0 saturated carbocycles. The molecule has 1 heterocycles. The molecule has 17 nitrogen and oxygen atoms in total. The van der Waals surface area contributed by atoms with E-state index in [1.807, 2.05) is 27.7 Å². The van der Waals surface area contributed by atoms with Gasteiger partial charge in [0.15, 0.2) is 11.9 Å². The number of anilines is 1. The summed E-state index contributed by atoms with van der Waals surface area (Å²) in [5.41, 5.74) is 0.0187. The van der Waals surface area contributed by atoms with E-state index in [2.05, 4.69) is 31.3 Å². The number of ether oxygens (including phenoxy) is 1. The number of esters is 1. The highest BCUT2D eigenvalue weighted by molar-refractivity contribution is 5.96. The zero-order valence-corrected chi connectivity index (χ0v) is 29.4. The van der Waals surface area contributed by atoms with Crippen molar-refractivity contribution < 1.29 is 43.2 Å². The Bertz CT molecular complexity index is 1400. The van der Waals surface area contributed by atoms with Crippen molar-refractivity contribution in [2.24, 2.45) is 11.8 Å². The molecule has 0 spiro atoms. The van der Waals surface area contributed by atoms with Gasteiger partial charge in [-0.05, 0) is 49.7 Å². The Morgan fingerprint density at radius 1 is 0.900 bits per heavy atom. The minimum Gasteiger partial charge on any atom is -0.469 e. The second-order valence-corrected chi connectivity index (χ2v) is 13.0. The minimum absolute atomic E-state index is 0.0135. The minimum atomic E-state index is -1.50. The lowest BCUT2D eigenvalue weighted by Crippen LogP contribution is -2.57. The molecule has 0 radical (unpaired) electrons. The lowest BCUT2D eigenvalue weighted by atomic mass is 9.97. The maximum atomic E-state index is 13.5. The van der Waals surface area contributed by atoms with Gasteiger partial charge >= 0.3 is 5.97 Å². The van der Waals surface area contributed by atoms with Gasteiger partial charge in [0.1, 0.15) is 12.1 Å². The Labute approximate surface area is 291 Å². The van der Waals surface area contributed by atoms with Crippen LogP contribution < -0.4 is 26.6 Å². The van der Waals surface area contributed by atoms with E-state index in [0.29, 0.717) is 19.4 Å². The van der Waals surface area contributed by atoms with Crippen molar-refractivity contribution in [2.45, 2.75) is 97.4 Å². The molecule has 1 aliphatic heterocycles. The summed E-state index contributed by atoms with van der Waals surface area (Å²) in [6.07, 6.45) is -0.284. The highest BCUT2D eigenvalue weighted by Crippen LogP contribution is 2.19. The number of rotatable bonds is 19. The van der Waals surface area contributed by atoms with E-state index >= 15 is 0 Å². The van der Waals surface area contributed by atoms with Gasteiger partial charge in [-0.15, -0.1) is 0 Å². The number of nitrogens with zero attached hydrogens (tertiary/aromatic N) is 2. The van der Waals surface area contributed by atoms with Crippen molar-refractivity contribution in [1.29, 1.82) is 0 Å². The van der Waals surface area contributed by atoms with Crippen LogP contribution in [0.2, 0.25) is 0 Å². The smallest absolute Gasteiger partial charge is 0.305 e. The molecule has 1 aromatic rings. The van der Waals surface area contributed by atoms with Crippen LogP contribution >= 0.6 is 0 Å². The van der Waals surface area contributed by atoms with Crippen LogP contribution in [-0.4, -0.2) is 95.6 Å². The van der Waals surface area contributed by atoms with E-state index < -0.39 is 71.1 Å². The first-order chi connectivity index (χ1) is 23.5. The van der Waals surface area contributed by atoms with E-state index in [9.17, 15) is 43.7 Å². The fourth-order valence-corrected chi connectivity index (χ4v) is 5.40. The Morgan fingerprint density at radius 2 is 1.52 bits per heavy atom. The summed E-state index contributed by atoms with van der Waals surface area (Å²) in [4.78, 5) is 101. The molecule has 17 heteroatoms. The molecule has 1 aliphatic rings. The van der Waals surface area contributed by atoms with Crippen LogP contribution in [-0.2, 0) is 38.3 Å². The van der Waals surface area contributed by atoms with Crippen LogP contribution in [0, 0.1) is 22.0 Å². The maximum absolute atomic E-state index is 13.5. The number of carbonyl (C=O) groups excluding carboxylic acids is 7. The number of hydrogen-bond donors (Lipinski definition) is 5. The van der Waals surface area contributed by atoms with Crippen molar-refractivity contribution in [3.05, 3.63) is 34.4 Å². The zero-order chi connectivity index (χ0) is 37.5. The van der Waals surface area contributed by atoms with Gasteiger partial charge in [0, 0.05) is 37.7 Å². The van der Waals surface area contributed by atoms with Gasteiger partial charge in [-0.2, -0.15) is 0 Å². The highest BCUT2D eigenvalue weighted by atomic mass is 16.6. The van der Waals surface area contributed by atoms with Gasteiger partial charge in [0.25, 0.3) is 11.6 Å². The summed E-state index contributed by atoms with van der Waals surface area (Å²) >= 11 is 0. The number of methoxy groups -OCH3 is 1. The molecular formula is C33H49N7O10. The summed E-state index contributed by atoms with van der Waals surface area (Å²) in [7, 11) is 1.19. The van der Waals surface area contributed by atoms with Crippen LogP contribution in [0.25, 0.3) is 0 Å². The van der Waals surface area contributed by atoms with E-state index in [-0.39, 0.29) is 54.8 Å². The number of Topliss-reactive ketones (excluding diaryl/α,β-unsaturated/α-hetero) is 1. The van der Waals surface area contributed by atoms with Gasteiger partial charge in [0.05, 0.1) is 31.0 Å². The molecule has 5 N–H and O–H groups in total. The van der Waals surface area contributed by atoms with Crippen molar-refractivity contribution in [1.82, 2.24) is 26.2 Å². The van der Waals surface area contributed by atoms with Crippen LogP contribution in [0.5, 0.6) is 0 Å². The topological polar surface area (TPSA) is 235 Å². The molecule has 276 valence electrons. The van der Waals surface area contributed by atoms with Crippen LogP contribution in [0.1, 0.15) is 73.1 Å². The quantitative estimate of drug-likeness (QED) is 0.0593. The Balaban J connectivity index is 2.19. The zero-order valence-electron chi connectivity index (χ0n) is 29.4. The lowest BCUT2D eigenvalue weighted by Gasteiger charge is -2.26. The van der Waals surface area contributed by atoms with Crippen LogP contribution in [0.3, 0.4) is 0 Å². The molecule has 4 atom stereocenters. The number of benzene rings is 1. The van der Waals surface area contributed by atoms with Crippen molar-refractivity contribution in [3.8, 4) is 0 Å². The first-order valence-corrected chi connectivity index (χ1v) is 16.6. The number of likely N-dealkylation sites (tertiary alicyclic amines) is 1. The molecular weight excluding hydrogens is 654 g/mol. The van der Waals surface area contributed by atoms with Gasteiger partial charge < -0.3 is 36.2 Å². The fraction of sp³-hybridized carbons (Fsp3) is 0.606. The fourth-order valence-electron chi connectivity index (χ4n) is 5.40. The number of nitro benzene ring substituents is 1. The standard InChI is InChI=1S/C33H49N7O10/c1-19(2)16-24(27(42)13-14-29(44)50-6)36-33(47)30(35-22-9-11-23(12-10-22)40(48)49)38-28(43)18-34-31(45)25(17-20(3)4)37-32(46)26-8-7-15-39(26)21(5)41/h9-12,19-20,24-26,30,35H,7-8,13-18H2,1-6H3,(H,34,45)(H,36,47)(H,37,46)(H,38,43)/t24-,25-,26-,30+/m0/s1. The molecule has 0 aromatic heterocycles. The number of nitro groups is 1. The van der Waals surface area contributed by atoms with Gasteiger partial charge in [-0.25, -0.2) is 0 Å². The second-order valence-electron chi connectivity index (χ2n) is 13.0. The normalized spacial score (nSPS) is 15.8. The Kier molecular flexibility index (Phi) is 16.3. The third kappa shape index (κ3) is 13.4. The predicted molar refractivity (Wildman–Crippen MR) is 181 cm³/mol. The van der Waals surface area contributed by atoms with E-state index in [0.717, 1.165) is 0 Å². The molecule has 50 heavy (non-hydrogen) atoms. The summed E-state index contributed by atoms with van der Waals surface area (Å²) < 4.78 is 4.60. The number of carbonyl (C=O) groups is 7. The number of amides is 5. The van der Waals surface area contributed by atoms with Crippen molar-refractivity contribution >= 4 is 52.7 Å². The predicted octanol–water partition coefficient (Wildman–Crippen LogP) is 1.16. The number of non-ortho nitro benzene ring substituents is 1. The third-order valence-corrected chi connectivity index (χ3v) is 7.90. The molecule has 1 fully saturated rings. The van der Waals surface area contributed by atoms with E-state index in [4.69, 9.17) is 0 Å². The SMILES string of the molecule is COC(=O)CCC(=O)[C@H](CC(C)C)NC(=O)[C@@H](NC(=O)CNC(=O)[C@H](CC(C)C)NC(=O)[C@@H]1CCCN1C(C)=O)Nc1ccc([N+](=O)[O-])cc1. The first kappa shape index (κ1) is 41.1. The summed E-state index contributed by atoms with van der Waals surface area (Å²) in [5, 5.41) is 24.2. The number of nitrogens with one attached hydrogen (secondary N) is 5. The lowest BCUT2D eigenvalue weighted by molar-refractivity contribution is -0.384. The van der Waals surface area contributed by atoms with Gasteiger partial charge in [-0.3, -0.25) is 43.7 Å². The van der Waals surface area contributed by atoms with Crippen molar-refractivity contribution in [2.75, 3.05) is 25.5 Å². The summed E-state index contributed by atoms with van der Waals surface area (Å²) in [5.74, 6) is -4.05. The average molecular weight is 704 g/mol. The Hall–Kier alpha value is -5.09. The highest BCUT2D eigenvalue weighted by Gasteiger charge is 2.35. The molecule has 0 unspecified atom stereocenters. The second kappa shape index (κ2) is 19.8. The van der Waals surface area contributed by atoms with Crippen molar-refractivity contribution in [3.63, 3.8) is 0 Å². The van der Waals surface area contributed by atoms with E-state index in [1.165, 1.54) is 43.2 Å². The number of hydrogen-bond acceptors (Lipinski definition) is 11. The van der Waals surface area contributed by atoms with Gasteiger partial charge in [0.2, 0.25) is 23.6 Å². The number of ketones is 1. The molecule has 0 aliphatic carbocycles. The third-order valence-electron chi connectivity index (χ3n) is 7.90. The average Bonchev–Trinajstić information content (AvgIpc) is 3.55. The molecule has 1 aromatic carbocycles. The van der Waals surface area contributed by atoms with E-state index in [1.54, 1.807) is 0 Å².